The molecule has 132 valence electrons. The van der Waals surface area contributed by atoms with Gasteiger partial charge in [0.2, 0.25) is 15.9 Å². The molecule has 2 N–H and O–H groups in total. The third kappa shape index (κ3) is 3.67. The van der Waals surface area contributed by atoms with Crippen molar-refractivity contribution in [1.82, 2.24) is 0 Å². The van der Waals surface area contributed by atoms with Crippen LogP contribution >= 0.6 is 0 Å². The summed E-state index contributed by atoms with van der Waals surface area (Å²) < 4.78 is 23.0. The van der Waals surface area contributed by atoms with Crippen molar-refractivity contribution in [1.29, 1.82) is 0 Å². The zero-order valence-corrected chi connectivity index (χ0v) is 14.9. The van der Waals surface area contributed by atoms with Crippen molar-refractivity contribution < 1.29 is 13.2 Å². The lowest BCUT2D eigenvalue weighted by atomic mass is 10.2. The second-order valence-corrected chi connectivity index (χ2v) is 7.54. The fourth-order valence-electron chi connectivity index (χ4n) is 3.09. The number of likely N-dealkylation sites (N-methyl/N-ethyl adjacent to an activating group) is 1. The fourth-order valence-corrected chi connectivity index (χ4v) is 3.65. The maximum atomic E-state index is 12.8. The third-order valence-electron chi connectivity index (χ3n) is 4.41. The Labute approximate surface area is 147 Å². The number of fused-ring (bicyclic) bond motifs is 1. The fraction of sp³-hybridized carbons (Fsp3) is 0.278. The summed E-state index contributed by atoms with van der Waals surface area (Å²) in [6.07, 6.45) is 0.627. The van der Waals surface area contributed by atoms with Gasteiger partial charge in [0.1, 0.15) is 0 Å². The highest BCUT2D eigenvalue weighted by Gasteiger charge is 2.27. The molecule has 0 atom stereocenters. The number of hydrogen-bond acceptors (Lipinski definition) is 4. The average Bonchev–Trinajstić information content (AvgIpc) is 3.02. The molecular formula is C18H21N3O3S. The van der Waals surface area contributed by atoms with Gasteiger partial charge in [-0.2, -0.15) is 0 Å². The van der Waals surface area contributed by atoms with Gasteiger partial charge in [-0.15, -0.1) is 0 Å². The third-order valence-corrected chi connectivity index (χ3v) is 5.32. The molecule has 1 amide bonds. The van der Waals surface area contributed by atoms with Crippen LogP contribution in [0.3, 0.4) is 0 Å². The first-order chi connectivity index (χ1) is 11.9. The van der Waals surface area contributed by atoms with E-state index in [4.69, 9.17) is 5.14 Å². The van der Waals surface area contributed by atoms with Crippen molar-refractivity contribution in [3.63, 3.8) is 0 Å². The summed E-state index contributed by atoms with van der Waals surface area (Å²) in [7, 11) is -3.73. The molecule has 2 aromatic carbocycles. The van der Waals surface area contributed by atoms with Crippen LogP contribution in [0.2, 0.25) is 0 Å². The van der Waals surface area contributed by atoms with Gasteiger partial charge in [0.15, 0.2) is 0 Å². The molecule has 6 nitrogen and oxygen atoms in total. The Morgan fingerprint density at radius 2 is 1.92 bits per heavy atom. The van der Waals surface area contributed by atoms with Gasteiger partial charge >= 0.3 is 0 Å². The van der Waals surface area contributed by atoms with Crippen LogP contribution in [0.4, 0.5) is 11.4 Å². The van der Waals surface area contributed by atoms with Gasteiger partial charge in [-0.1, -0.05) is 18.2 Å². The molecule has 3 rings (SSSR count). The van der Waals surface area contributed by atoms with Crippen LogP contribution in [0.5, 0.6) is 0 Å². The molecule has 0 bridgehead atoms. The minimum absolute atomic E-state index is 0.00666. The molecule has 2 aromatic rings. The minimum Gasteiger partial charge on any atom is -0.362 e. The van der Waals surface area contributed by atoms with E-state index in [0.29, 0.717) is 13.0 Å². The molecule has 1 aliphatic rings. The van der Waals surface area contributed by atoms with Crippen molar-refractivity contribution in [2.45, 2.75) is 18.2 Å². The smallest absolute Gasteiger partial charge is 0.246 e. The summed E-state index contributed by atoms with van der Waals surface area (Å²) in [5, 5.41) is 5.18. The van der Waals surface area contributed by atoms with Crippen molar-refractivity contribution >= 4 is 27.3 Å². The first kappa shape index (κ1) is 17.4. The molecule has 1 aliphatic heterocycles. The molecular weight excluding hydrogens is 338 g/mol. The molecule has 0 aliphatic carbocycles. The highest BCUT2D eigenvalue weighted by atomic mass is 32.2. The van der Waals surface area contributed by atoms with Crippen LogP contribution in [0.25, 0.3) is 0 Å². The summed E-state index contributed by atoms with van der Waals surface area (Å²) in [5.74, 6) is -0.00666. The summed E-state index contributed by atoms with van der Waals surface area (Å²) in [6.45, 7) is 3.56. The summed E-state index contributed by atoms with van der Waals surface area (Å²) in [6, 6.07) is 14.5. The van der Waals surface area contributed by atoms with Crippen molar-refractivity contribution in [2.75, 3.05) is 29.4 Å². The highest BCUT2D eigenvalue weighted by Crippen LogP contribution is 2.30. The Hall–Kier alpha value is -2.38. The minimum atomic E-state index is -3.73. The summed E-state index contributed by atoms with van der Waals surface area (Å²) >= 11 is 0. The number of benzene rings is 2. The first-order valence-electron chi connectivity index (χ1n) is 8.16. The van der Waals surface area contributed by atoms with Gasteiger partial charge in [0.25, 0.3) is 0 Å². The van der Waals surface area contributed by atoms with E-state index in [1.54, 1.807) is 17.0 Å². The maximum absolute atomic E-state index is 12.8. The predicted molar refractivity (Wildman–Crippen MR) is 98.2 cm³/mol. The van der Waals surface area contributed by atoms with E-state index in [-0.39, 0.29) is 17.3 Å². The molecule has 25 heavy (non-hydrogen) atoms. The van der Waals surface area contributed by atoms with Gasteiger partial charge in [0.05, 0.1) is 11.4 Å². The Balaban J connectivity index is 1.79. The highest BCUT2D eigenvalue weighted by molar-refractivity contribution is 7.89. The normalized spacial score (nSPS) is 13.6. The lowest BCUT2D eigenvalue weighted by molar-refractivity contribution is -0.117. The Morgan fingerprint density at radius 3 is 2.56 bits per heavy atom. The molecule has 0 saturated carbocycles. The number of para-hydroxylation sites is 1. The zero-order valence-electron chi connectivity index (χ0n) is 14.1. The maximum Gasteiger partial charge on any atom is 0.246 e. The second kappa shape index (κ2) is 6.85. The standard InChI is InChI=1S/C18H21N3O3S/c1-2-20(15-6-4-3-5-7-15)13-18(22)21-11-10-14-12-16(25(19,23)24)8-9-17(14)21/h3-9,12H,2,10-11,13H2,1H3,(H2,19,23,24). The summed E-state index contributed by atoms with van der Waals surface area (Å²) in [5.41, 5.74) is 2.60. The quantitative estimate of drug-likeness (QED) is 0.881. The van der Waals surface area contributed by atoms with Gasteiger partial charge in [0, 0.05) is 24.5 Å². The molecule has 0 radical (unpaired) electrons. The van der Waals surface area contributed by atoms with E-state index in [0.717, 1.165) is 23.5 Å². The number of nitrogens with zero attached hydrogens (tertiary/aromatic N) is 2. The monoisotopic (exact) mass is 359 g/mol. The van der Waals surface area contributed by atoms with Crippen LogP contribution in [-0.2, 0) is 21.2 Å². The molecule has 0 fully saturated rings. The van der Waals surface area contributed by atoms with Gasteiger partial charge in [-0.3, -0.25) is 4.79 Å². The van der Waals surface area contributed by atoms with E-state index >= 15 is 0 Å². The first-order valence-corrected chi connectivity index (χ1v) is 9.71. The molecule has 0 aromatic heterocycles. The number of carbonyl (C=O) groups is 1. The predicted octanol–water partition coefficient (Wildman–Crippen LogP) is 1.75. The van der Waals surface area contributed by atoms with Crippen LogP contribution in [0.1, 0.15) is 12.5 Å². The zero-order chi connectivity index (χ0) is 18.0. The molecule has 0 saturated heterocycles. The van der Waals surface area contributed by atoms with Crippen LogP contribution in [0.15, 0.2) is 53.4 Å². The lowest BCUT2D eigenvalue weighted by Gasteiger charge is -2.26. The number of hydrogen-bond donors (Lipinski definition) is 1. The van der Waals surface area contributed by atoms with Crippen LogP contribution in [-0.4, -0.2) is 34.0 Å². The average molecular weight is 359 g/mol. The largest absolute Gasteiger partial charge is 0.362 e. The molecule has 0 spiro atoms. The van der Waals surface area contributed by atoms with Crippen molar-refractivity contribution in [2.24, 2.45) is 5.14 Å². The second-order valence-electron chi connectivity index (χ2n) is 5.98. The number of primary sulfonamides is 1. The van der Waals surface area contributed by atoms with Crippen LogP contribution < -0.4 is 14.9 Å². The Kier molecular flexibility index (Phi) is 4.78. The van der Waals surface area contributed by atoms with E-state index < -0.39 is 10.0 Å². The molecule has 1 heterocycles. The molecule has 0 unspecified atom stereocenters. The topological polar surface area (TPSA) is 83.7 Å². The van der Waals surface area contributed by atoms with Crippen molar-refractivity contribution in [3.8, 4) is 0 Å². The Bertz CT molecular complexity index is 882. The SMILES string of the molecule is CCN(CC(=O)N1CCc2cc(S(N)(=O)=O)ccc21)c1ccccc1. The lowest BCUT2D eigenvalue weighted by Crippen LogP contribution is -2.39. The Morgan fingerprint density at radius 1 is 1.20 bits per heavy atom. The molecule has 7 heteroatoms. The van der Waals surface area contributed by atoms with Crippen molar-refractivity contribution in [3.05, 3.63) is 54.1 Å². The van der Waals surface area contributed by atoms with Gasteiger partial charge < -0.3 is 9.80 Å². The number of sulfonamides is 1. The van der Waals surface area contributed by atoms with Gasteiger partial charge in [-0.25, -0.2) is 13.6 Å². The van der Waals surface area contributed by atoms with Gasteiger partial charge in [-0.05, 0) is 49.2 Å². The summed E-state index contributed by atoms with van der Waals surface area (Å²) in [4.78, 5) is 16.6. The van der Waals surface area contributed by atoms with E-state index in [9.17, 15) is 13.2 Å². The number of nitrogens with two attached hydrogens (primary N) is 1. The number of rotatable bonds is 5. The number of carbonyl (C=O) groups excluding carboxylic acids is 1. The van der Waals surface area contributed by atoms with E-state index in [1.807, 2.05) is 42.2 Å². The van der Waals surface area contributed by atoms with E-state index in [2.05, 4.69) is 0 Å². The number of anilines is 2. The van der Waals surface area contributed by atoms with E-state index in [1.165, 1.54) is 6.07 Å². The number of amides is 1. The van der Waals surface area contributed by atoms with Crippen LogP contribution in [0, 0.1) is 0 Å².